The van der Waals surface area contributed by atoms with E-state index in [0.717, 1.165) is 32.5 Å². The molecular formula is C16H28N2. The molecule has 0 saturated heterocycles. The van der Waals surface area contributed by atoms with Crippen LogP contribution in [0, 0.1) is 0 Å². The van der Waals surface area contributed by atoms with Gasteiger partial charge in [-0.05, 0) is 44.8 Å². The van der Waals surface area contributed by atoms with Crippen LogP contribution in [0.1, 0.15) is 39.2 Å². The van der Waals surface area contributed by atoms with Crippen molar-refractivity contribution in [2.24, 2.45) is 5.73 Å². The van der Waals surface area contributed by atoms with E-state index in [-0.39, 0.29) is 5.54 Å². The molecule has 0 spiro atoms. The lowest BCUT2D eigenvalue weighted by Crippen LogP contribution is -2.51. The van der Waals surface area contributed by atoms with Gasteiger partial charge < -0.3 is 5.73 Å². The van der Waals surface area contributed by atoms with E-state index in [0.29, 0.717) is 0 Å². The molecule has 0 aliphatic carbocycles. The van der Waals surface area contributed by atoms with Gasteiger partial charge >= 0.3 is 0 Å². The van der Waals surface area contributed by atoms with Crippen molar-refractivity contribution < 1.29 is 0 Å². The Morgan fingerprint density at radius 3 is 2.33 bits per heavy atom. The number of rotatable bonds is 8. The lowest BCUT2D eigenvalue weighted by molar-refractivity contribution is 0.111. The maximum absolute atomic E-state index is 5.94. The van der Waals surface area contributed by atoms with E-state index < -0.39 is 0 Å². The third-order valence-electron chi connectivity index (χ3n) is 4.08. The lowest BCUT2D eigenvalue weighted by Gasteiger charge is -2.39. The lowest BCUT2D eigenvalue weighted by atomic mass is 9.96. The van der Waals surface area contributed by atoms with Crippen molar-refractivity contribution in [1.82, 2.24) is 4.90 Å². The molecule has 102 valence electrons. The summed E-state index contributed by atoms with van der Waals surface area (Å²) in [5, 5.41) is 0. The van der Waals surface area contributed by atoms with Gasteiger partial charge in [0.1, 0.15) is 0 Å². The molecule has 1 aromatic carbocycles. The van der Waals surface area contributed by atoms with Crippen molar-refractivity contribution in [3.63, 3.8) is 0 Å². The Labute approximate surface area is 112 Å². The average Bonchev–Trinajstić information content (AvgIpc) is 2.44. The minimum atomic E-state index is 0.158. The fourth-order valence-electron chi connectivity index (χ4n) is 2.43. The predicted molar refractivity (Wildman–Crippen MR) is 79.8 cm³/mol. The molecule has 2 N–H and O–H groups in total. The van der Waals surface area contributed by atoms with E-state index in [9.17, 15) is 0 Å². The molecule has 0 aromatic heterocycles. The molecule has 2 nitrogen and oxygen atoms in total. The van der Waals surface area contributed by atoms with E-state index in [1.807, 2.05) is 0 Å². The largest absolute Gasteiger partial charge is 0.329 e. The zero-order valence-corrected chi connectivity index (χ0v) is 12.2. The Kier molecular flexibility index (Phi) is 6.37. The van der Waals surface area contributed by atoms with Crippen LogP contribution in [0.5, 0.6) is 0 Å². The van der Waals surface area contributed by atoms with E-state index in [1.165, 1.54) is 12.0 Å². The number of hydrogen-bond acceptors (Lipinski definition) is 2. The van der Waals surface area contributed by atoms with E-state index >= 15 is 0 Å². The number of nitrogens with zero attached hydrogens (tertiary/aromatic N) is 1. The van der Waals surface area contributed by atoms with E-state index in [4.69, 9.17) is 5.73 Å². The van der Waals surface area contributed by atoms with Gasteiger partial charge in [-0.1, -0.05) is 44.2 Å². The standard InChI is InChI=1S/C16H28N2/c1-4-16(3,14-17)18(5-2)13-9-12-15-10-7-6-8-11-15/h6-8,10-11H,4-5,9,12-14,17H2,1-3H3. The summed E-state index contributed by atoms with van der Waals surface area (Å²) in [6, 6.07) is 10.7. The molecule has 0 heterocycles. The van der Waals surface area contributed by atoms with Crippen molar-refractivity contribution in [3.05, 3.63) is 35.9 Å². The monoisotopic (exact) mass is 248 g/mol. The fraction of sp³-hybridized carbons (Fsp3) is 0.625. The summed E-state index contributed by atoms with van der Waals surface area (Å²) >= 11 is 0. The van der Waals surface area contributed by atoms with Gasteiger partial charge in [0.25, 0.3) is 0 Å². The third-order valence-corrected chi connectivity index (χ3v) is 4.08. The van der Waals surface area contributed by atoms with Gasteiger partial charge in [-0.3, -0.25) is 4.90 Å². The smallest absolute Gasteiger partial charge is 0.0300 e. The van der Waals surface area contributed by atoms with E-state index in [2.05, 4.69) is 56.0 Å². The Morgan fingerprint density at radius 1 is 1.17 bits per heavy atom. The van der Waals surface area contributed by atoms with Gasteiger partial charge in [-0.2, -0.15) is 0 Å². The summed E-state index contributed by atoms with van der Waals surface area (Å²) in [7, 11) is 0. The summed E-state index contributed by atoms with van der Waals surface area (Å²) in [5.41, 5.74) is 7.52. The topological polar surface area (TPSA) is 29.3 Å². The number of aryl methyl sites for hydroxylation is 1. The molecule has 1 atom stereocenters. The minimum absolute atomic E-state index is 0.158. The van der Waals surface area contributed by atoms with Crippen LogP contribution < -0.4 is 5.73 Å². The quantitative estimate of drug-likeness (QED) is 0.766. The number of likely N-dealkylation sites (N-methyl/N-ethyl adjacent to an activating group) is 1. The maximum Gasteiger partial charge on any atom is 0.0300 e. The highest BCUT2D eigenvalue weighted by molar-refractivity contribution is 5.14. The molecule has 0 aliphatic heterocycles. The van der Waals surface area contributed by atoms with Crippen LogP contribution in [0.15, 0.2) is 30.3 Å². The SMILES string of the molecule is CCN(CCCc1ccccc1)C(C)(CC)CN. The molecule has 1 rings (SSSR count). The fourth-order valence-corrected chi connectivity index (χ4v) is 2.43. The summed E-state index contributed by atoms with van der Waals surface area (Å²) < 4.78 is 0. The molecule has 0 amide bonds. The molecule has 18 heavy (non-hydrogen) atoms. The zero-order chi connectivity index (χ0) is 13.4. The van der Waals surface area contributed by atoms with Gasteiger partial charge in [0.05, 0.1) is 0 Å². The summed E-state index contributed by atoms with van der Waals surface area (Å²) in [5.74, 6) is 0. The minimum Gasteiger partial charge on any atom is -0.329 e. The number of hydrogen-bond donors (Lipinski definition) is 1. The Morgan fingerprint density at radius 2 is 1.83 bits per heavy atom. The highest BCUT2D eigenvalue weighted by atomic mass is 15.2. The molecule has 0 bridgehead atoms. The summed E-state index contributed by atoms with van der Waals surface area (Å²) in [6.45, 7) is 9.68. The van der Waals surface area contributed by atoms with Crippen molar-refractivity contribution in [3.8, 4) is 0 Å². The van der Waals surface area contributed by atoms with Crippen molar-refractivity contribution in [1.29, 1.82) is 0 Å². The molecule has 0 radical (unpaired) electrons. The average molecular weight is 248 g/mol. The first-order valence-electron chi connectivity index (χ1n) is 7.15. The maximum atomic E-state index is 5.94. The van der Waals surface area contributed by atoms with Crippen molar-refractivity contribution >= 4 is 0 Å². The van der Waals surface area contributed by atoms with Gasteiger partial charge in [0.2, 0.25) is 0 Å². The molecule has 1 aromatic rings. The van der Waals surface area contributed by atoms with Gasteiger partial charge in [0, 0.05) is 12.1 Å². The van der Waals surface area contributed by atoms with Gasteiger partial charge in [0.15, 0.2) is 0 Å². The van der Waals surface area contributed by atoms with Crippen LogP contribution in [0.25, 0.3) is 0 Å². The summed E-state index contributed by atoms with van der Waals surface area (Å²) in [4.78, 5) is 2.52. The highest BCUT2D eigenvalue weighted by Gasteiger charge is 2.26. The normalized spacial score (nSPS) is 14.7. The number of benzene rings is 1. The first-order chi connectivity index (χ1) is 8.66. The first kappa shape index (κ1) is 15.2. The molecule has 2 heteroatoms. The zero-order valence-electron chi connectivity index (χ0n) is 12.2. The van der Waals surface area contributed by atoms with Crippen molar-refractivity contribution in [2.75, 3.05) is 19.6 Å². The Balaban J connectivity index is 2.45. The Bertz CT molecular complexity index is 317. The summed E-state index contributed by atoms with van der Waals surface area (Å²) in [6.07, 6.45) is 3.47. The highest BCUT2D eigenvalue weighted by Crippen LogP contribution is 2.18. The van der Waals surface area contributed by atoms with Crippen LogP contribution in [0.3, 0.4) is 0 Å². The second-order valence-corrected chi connectivity index (χ2v) is 5.22. The van der Waals surface area contributed by atoms with Gasteiger partial charge in [-0.15, -0.1) is 0 Å². The van der Waals surface area contributed by atoms with Crippen LogP contribution in [0.4, 0.5) is 0 Å². The second kappa shape index (κ2) is 7.55. The van der Waals surface area contributed by atoms with Crippen LogP contribution in [-0.4, -0.2) is 30.1 Å². The molecule has 0 saturated carbocycles. The molecule has 0 fully saturated rings. The third kappa shape index (κ3) is 4.11. The predicted octanol–water partition coefficient (Wildman–Crippen LogP) is 3.07. The molecular weight excluding hydrogens is 220 g/mol. The first-order valence-corrected chi connectivity index (χ1v) is 7.15. The second-order valence-electron chi connectivity index (χ2n) is 5.22. The van der Waals surface area contributed by atoms with Crippen LogP contribution in [-0.2, 0) is 6.42 Å². The van der Waals surface area contributed by atoms with Crippen LogP contribution in [0.2, 0.25) is 0 Å². The van der Waals surface area contributed by atoms with Crippen LogP contribution >= 0.6 is 0 Å². The Hall–Kier alpha value is -0.860. The van der Waals surface area contributed by atoms with Gasteiger partial charge in [-0.25, -0.2) is 0 Å². The molecule has 0 aliphatic rings. The van der Waals surface area contributed by atoms with E-state index in [1.54, 1.807) is 0 Å². The van der Waals surface area contributed by atoms with Crippen molar-refractivity contribution in [2.45, 2.75) is 45.6 Å². The molecule has 1 unspecified atom stereocenters. The number of nitrogens with two attached hydrogens (primary N) is 1.